The first-order chi connectivity index (χ1) is 8.77. The maximum atomic E-state index is 11.3. The summed E-state index contributed by atoms with van der Waals surface area (Å²) >= 11 is 0. The minimum absolute atomic E-state index is 0.227. The zero-order chi connectivity index (χ0) is 13.2. The van der Waals surface area contributed by atoms with Crippen LogP contribution in [0.3, 0.4) is 0 Å². The third kappa shape index (κ3) is 5.29. The topological polar surface area (TPSA) is 47.6 Å². The van der Waals surface area contributed by atoms with Gasteiger partial charge in [-0.1, -0.05) is 31.2 Å². The first kappa shape index (κ1) is 14.7. The number of ether oxygens (including phenoxy) is 2. The average Bonchev–Trinajstić information content (AvgIpc) is 2.40. The normalized spacial score (nSPS) is 10.3. The molecule has 100 valence electrons. The monoisotopic (exact) mass is 251 g/mol. The van der Waals surface area contributed by atoms with E-state index in [9.17, 15) is 4.79 Å². The van der Waals surface area contributed by atoms with Gasteiger partial charge in [0.1, 0.15) is 0 Å². The smallest absolute Gasteiger partial charge is 0.309 e. The van der Waals surface area contributed by atoms with Crippen molar-refractivity contribution in [1.82, 2.24) is 5.32 Å². The van der Waals surface area contributed by atoms with E-state index < -0.39 is 0 Å². The fourth-order valence-corrected chi connectivity index (χ4v) is 1.60. The number of hydrogen-bond acceptors (Lipinski definition) is 4. The Balaban J connectivity index is 2.46. The zero-order valence-electron chi connectivity index (χ0n) is 11.1. The summed E-state index contributed by atoms with van der Waals surface area (Å²) in [5, 5.41) is 3.19. The number of methoxy groups -OCH3 is 1. The van der Waals surface area contributed by atoms with Crippen molar-refractivity contribution < 1.29 is 14.3 Å². The van der Waals surface area contributed by atoms with E-state index in [2.05, 4.69) is 17.0 Å². The maximum Gasteiger partial charge on any atom is 0.309 e. The molecule has 18 heavy (non-hydrogen) atoms. The first-order valence-corrected chi connectivity index (χ1v) is 6.20. The van der Waals surface area contributed by atoms with Crippen molar-refractivity contribution in [1.29, 1.82) is 0 Å². The van der Waals surface area contributed by atoms with E-state index in [1.54, 1.807) is 0 Å². The second kappa shape index (κ2) is 8.66. The molecule has 0 unspecified atom stereocenters. The van der Waals surface area contributed by atoms with E-state index in [4.69, 9.17) is 4.74 Å². The molecule has 1 aromatic carbocycles. The average molecular weight is 251 g/mol. The largest absolute Gasteiger partial charge is 0.469 e. The Bertz CT molecular complexity index is 366. The maximum absolute atomic E-state index is 11.3. The number of nitrogens with one attached hydrogen (secondary N) is 1. The quantitative estimate of drug-likeness (QED) is 0.562. The van der Waals surface area contributed by atoms with Crippen LogP contribution in [0.25, 0.3) is 0 Å². The molecule has 0 spiro atoms. The standard InChI is InChI=1S/C14H21NO3/c1-3-15-8-9-18-11-13-7-5-4-6-12(13)10-14(16)17-2/h4-7,15H,3,8-11H2,1-2H3. The van der Waals surface area contributed by atoms with E-state index in [0.717, 1.165) is 24.2 Å². The third-order valence-electron chi connectivity index (χ3n) is 2.61. The predicted octanol–water partition coefficient (Wildman–Crippen LogP) is 1.53. The van der Waals surface area contributed by atoms with Gasteiger partial charge in [-0.05, 0) is 17.7 Å². The summed E-state index contributed by atoms with van der Waals surface area (Å²) in [6, 6.07) is 7.77. The van der Waals surface area contributed by atoms with Crippen LogP contribution < -0.4 is 5.32 Å². The molecule has 0 saturated heterocycles. The molecule has 4 nitrogen and oxygen atoms in total. The molecule has 0 aliphatic heterocycles. The SMILES string of the molecule is CCNCCOCc1ccccc1CC(=O)OC. The lowest BCUT2D eigenvalue weighted by Crippen LogP contribution is -2.19. The van der Waals surface area contributed by atoms with Crippen molar-refractivity contribution in [2.75, 3.05) is 26.8 Å². The van der Waals surface area contributed by atoms with Crippen LogP contribution in [0, 0.1) is 0 Å². The van der Waals surface area contributed by atoms with Crippen LogP contribution in [-0.4, -0.2) is 32.8 Å². The summed E-state index contributed by atoms with van der Waals surface area (Å²) in [7, 11) is 1.40. The van der Waals surface area contributed by atoms with Crippen LogP contribution in [0.5, 0.6) is 0 Å². The summed E-state index contributed by atoms with van der Waals surface area (Å²) in [6.45, 7) is 5.04. The molecule has 1 aromatic rings. The molecule has 0 radical (unpaired) electrons. The number of carbonyl (C=O) groups is 1. The molecule has 1 N–H and O–H groups in total. The van der Waals surface area contributed by atoms with Crippen molar-refractivity contribution >= 4 is 5.97 Å². The van der Waals surface area contributed by atoms with Gasteiger partial charge >= 0.3 is 5.97 Å². The molecular formula is C14H21NO3. The Morgan fingerprint density at radius 3 is 2.67 bits per heavy atom. The van der Waals surface area contributed by atoms with E-state index >= 15 is 0 Å². The van der Waals surface area contributed by atoms with Gasteiger partial charge in [0.05, 0.1) is 26.7 Å². The molecule has 0 bridgehead atoms. The van der Waals surface area contributed by atoms with Crippen molar-refractivity contribution in [3.05, 3.63) is 35.4 Å². The summed E-state index contributed by atoms with van der Waals surface area (Å²) in [5.41, 5.74) is 2.01. The fourth-order valence-electron chi connectivity index (χ4n) is 1.60. The van der Waals surface area contributed by atoms with Crippen molar-refractivity contribution in [2.24, 2.45) is 0 Å². The van der Waals surface area contributed by atoms with E-state index in [1.165, 1.54) is 7.11 Å². The summed E-state index contributed by atoms with van der Waals surface area (Å²) in [6.07, 6.45) is 0.295. The van der Waals surface area contributed by atoms with Gasteiger partial charge in [0.2, 0.25) is 0 Å². The predicted molar refractivity (Wildman–Crippen MR) is 70.4 cm³/mol. The molecule has 0 fully saturated rings. The lowest BCUT2D eigenvalue weighted by atomic mass is 10.1. The highest BCUT2D eigenvalue weighted by atomic mass is 16.5. The number of hydrogen-bond donors (Lipinski definition) is 1. The van der Waals surface area contributed by atoms with Gasteiger partial charge in [-0.15, -0.1) is 0 Å². The highest BCUT2D eigenvalue weighted by molar-refractivity contribution is 5.72. The van der Waals surface area contributed by atoms with Gasteiger partial charge in [0, 0.05) is 6.54 Å². The Hall–Kier alpha value is -1.39. The zero-order valence-corrected chi connectivity index (χ0v) is 11.1. The highest BCUT2D eigenvalue weighted by Crippen LogP contribution is 2.11. The molecule has 0 atom stereocenters. The van der Waals surface area contributed by atoms with Gasteiger partial charge in [-0.2, -0.15) is 0 Å². The molecule has 4 heteroatoms. The molecule has 0 aliphatic carbocycles. The number of esters is 1. The number of carbonyl (C=O) groups excluding carboxylic acids is 1. The second-order valence-corrected chi connectivity index (χ2v) is 3.93. The highest BCUT2D eigenvalue weighted by Gasteiger charge is 2.07. The summed E-state index contributed by atoms with van der Waals surface area (Å²) < 4.78 is 10.2. The van der Waals surface area contributed by atoms with E-state index in [-0.39, 0.29) is 5.97 Å². The molecular weight excluding hydrogens is 230 g/mol. The molecule has 0 aliphatic rings. The van der Waals surface area contributed by atoms with Crippen LogP contribution in [0.1, 0.15) is 18.1 Å². The lowest BCUT2D eigenvalue weighted by Gasteiger charge is -2.09. The van der Waals surface area contributed by atoms with Gasteiger partial charge in [0.25, 0.3) is 0 Å². The number of likely N-dealkylation sites (N-methyl/N-ethyl adjacent to an activating group) is 1. The summed E-state index contributed by atoms with van der Waals surface area (Å²) in [4.78, 5) is 11.3. The van der Waals surface area contributed by atoms with Crippen LogP contribution in [0.4, 0.5) is 0 Å². The molecule has 0 saturated carbocycles. The Morgan fingerprint density at radius 2 is 2.00 bits per heavy atom. The minimum atomic E-state index is -0.227. The summed E-state index contributed by atoms with van der Waals surface area (Å²) in [5.74, 6) is -0.227. The lowest BCUT2D eigenvalue weighted by molar-refractivity contribution is -0.139. The number of benzene rings is 1. The minimum Gasteiger partial charge on any atom is -0.469 e. The Labute approximate surface area is 108 Å². The van der Waals surface area contributed by atoms with E-state index in [0.29, 0.717) is 19.6 Å². The number of rotatable bonds is 8. The molecule has 1 rings (SSSR count). The van der Waals surface area contributed by atoms with Gasteiger partial charge in [-0.3, -0.25) is 4.79 Å². The van der Waals surface area contributed by atoms with Crippen molar-refractivity contribution in [3.8, 4) is 0 Å². The van der Waals surface area contributed by atoms with Crippen molar-refractivity contribution in [3.63, 3.8) is 0 Å². The first-order valence-electron chi connectivity index (χ1n) is 6.20. The molecule has 0 heterocycles. The van der Waals surface area contributed by atoms with Crippen LogP contribution in [0.2, 0.25) is 0 Å². The van der Waals surface area contributed by atoms with Crippen molar-refractivity contribution in [2.45, 2.75) is 20.0 Å². The Morgan fingerprint density at radius 1 is 1.28 bits per heavy atom. The van der Waals surface area contributed by atoms with Crippen LogP contribution in [0.15, 0.2) is 24.3 Å². The second-order valence-electron chi connectivity index (χ2n) is 3.93. The van der Waals surface area contributed by atoms with Gasteiger partial charge in [-0.25, -0.2) is 0 Å². The van der Waals surface area contributed by atoms with Gasteiger partial charge < -0.3 is 14.8 Å². The van der Waals surface area contributed by atoms with Gasteiger partial charge in [0.15, 0.2) is 0 Å². The fraction of sp³-hybridized carbons (Fsp3) is 0.500. The van der Waals surface area contributed by atoms with Crippen LogP contribution >= 0.6 is 0 Å². The molecule has 0 amide bonds. The Kier molecular flexibility index (Phi) is 7.06. The molecule has 0 aromatic heterocycles. The van der Waals surface area contributed by atoms with Crippen LogP contribution in [-0.2, 0) is 27.3 Å². The van der Waals surface area contributed by atoms with E-state index in [1.807, 2.05) is 24.3 Å². The third-order valence-corrected chi connectivity index (χ3v) is 2.61.